The van der Waals surface area contributed by atoms with E-state index in [1.807, 2.05) is 0 Å². The number of rotatable bonds is 7. The van der Waals surface area contributed by atoms with Gasteiger partial charge in [-0.05, 0) is 18.2 Å². The van der Waals surface area contributed by atoms with Gasteiger partial charge in [0.05, 0.1) is 14.2 Å². The van der Waals surface area contributed by atoms with E-state index >= 15 is 0 Å². The lowest BCUT2D eigenvalue weighted by Gasteiger charge is -2.13. The van der Waals surface area contributed by atoms with Crippen LogP contribution in [0.25, 0.3) is 0 Å². The van der Waals surface area contributed by atoms with Gasteiger partial charge >= 0.3 is 5.97 Å². The highest BCUT2D eigenvalue weighted by Gasteiger charge is 2.15. The minimum atomic E-state index is -0.546. The summed E-state index contributed by atoms with van der Waals surface area (Å²) in [5.74, 6) is -1.71. The Morgan fingerprint density at radius 2 is 1.91 bits per heavy atom. The molecule has 7 nitrogen and oxygen atoms in total. The monoisotopic (exact) mass is 312 g/mol. The van der Waals surface area contributed by atoms with Crippen LogP contribution in [0.3, 0.4) is 0 Å². The molecule has 0 aliphatic heterocycles. The lowest BCUT2D eigenvalue weighted by molar-refractivity contribution is -0.862. The molecule has 1 unspecified atom stereocenters. The zero-order valence-corrected chi connectivity index (χ0v) is 12.4. The zero-order chi connectivity index (χ0) is 16.5. The molecule has 0 saturated heterocycles. The van der Waals surface area contributed by atoms with Crippen LogP contribution < -0.4 is 15.5 Å². The Morgan fingerprint density at radius 1 is 1.23 bits per heavy atom. The van der Waals surface area contributed by atoms with Gasteiger partial charge in [-0.25, -0.2) is 4.39 Å². The van der Waals surface area contributed by atoms with Crippen LogP contribution in [-0.4, -0.2) is 51.6 Å². The second kappa shape index (κ2) is 8.73. The standard InChI is InChI=1S/C14H18FN3O4/c1-18(8-12(19)16-7-14(21)22-2)9-13(20)17-11-5-3-4-10(15)6-11/h3-6H,7-9H2,1-2H3,(H,16,19)(H,17,20)/p+1. The van der Waals surface area contributed by atoms with Gasteiger partial charge in [-0.2, -0.15) is 0 Å². The Balaban J connectivity index is 2.34. The van der Waals surface area contributed by atoms with Gasteiger partial charge in [0.15, 0.2) is 13.1 Å². The van der Waals surface area contributed by atoms with Crippen molar-refractivity contribution in [1.29, 1.82) is 0 Å². The van der Waals surface area contributed by atoms with Crippen LogP contribution >= 0.6 is 0 Å². The molecule has 0 fully saturated rings. The van der Waals surface area contributed by atoms with Gasteiger partial charge in [0.25, 0.3) is 11.8 Å². The fourth-order valence-electron chi connectivity index (χ4n) is 1.69. The Labute approximate surface area is 127 Å². The number of nitrogens with one attached hydrogen (secondary N) is 3. The maximum absolute atomic E-state index is 13.0. The molecule has 0 aromatic heterocycles. The zero-order valence-electron chi connectivity index (χ0n) is 12.4. The lowest BCUT2D eigenvalue weighted by atomic mass is 10.3. The maximum atomic E-state index is 13.0. The minimum absolute atomic E-state index is 0.0214. The minimum Gasteiger partial charge on any atom is -0.468 e. The van der Waals surface area contributed by atoms with Crippen molar-refractivity contribution < 1.29 is 28.4 Å². The number of hydrogen-bond acceptors (Lipinski definition) is 4. The first-order chi connectivity index (χ1) is 10.4. The quantitative estimate of drug-likeness (QED) is 0.539. The van der Waals surface area contributed by atoms with E-state index in [1.54, 1.807) is 13.1 Å². The molecule has 0 spiro atoms. The average Bonchev–Trinajstić information content (AvgIpc) is 2.44. The molecule has 120 valence electrons. The highest BCUT2D eigenvalue weighted by Crippen LogP contribution is 2.08. The fourth-order valence-corrected chi connectivity index (χ4v) is 1.69. The fraction of sp³-hybridized carbons (Fsp3) is 0.357. The predicted molar refractivity (Wildman–Crippen MR) is 76.7 cm³/mol. The molecule has 0 heterocycles. The van der Waals surface area contributed by atoms with Crippen LogP contribution in [-0.2, 0) is 19.1 Å². The summed E-state index contributed by atoms with van der Waals surface area (Å²) in [5, 5.41) is 4.92. The number of amides is 2. The number of anilines is 1. The van der Waals surface area contributed by atoms with E-state index in [1.165, 1.54) is 25.3 Å². The number of hydrogen-bond donors (Lipinski definition) is 3. The van der Waals surface area contributed by atoms with Crippen molar-refractivity contribution in [2.75, 3.05) is 39.1 Å². The van der Waals surface area contributed by atoms with Crippen molar-refractivity contribution in [3.63, 3.8) is 0 Å². The molecular weight excluding hydrogens is 293 g/mol. The molecule has 0 bridgehead atoms. The topological polar surface area (TPSA) is 88.9 Å². The van der Waals surface area contributed by atoms with Crippen LogP contribution in [0.4, 0.5) is 10.1 Å². The van der Waals surface area contributed by atoms with Crippen LogP contribution in [0.5, 0.6) is 0 Å². The van der Waals surface area contributed by atoms with Gasteiger partial charge < -0.3 is 20.3 Å². The van der Waals surface area contributed by atoms with Crippen LogP contribution in [0.2, 0.25) is 0 Å². The second-order valence-electron chi connectivity index (χ2n) is 4.72. The van der Waals surface area contributed by atoms with Crippen LogP contribution in [0.1, 0.15) is 0 Å². The van der Waals surface area contributed by atoms with Gasteiger partial charge in [-0.15, -0.1) is 0 Å². The van der Waals surface area contributed by atoms with Gasteiger partial charge in [-0.3, -0.25) is 14.4 Å². The second-order valence-corrected chi connectivity index (χ2v) is 4.72. The van der Waals surface area contributed by atoms with E-state index in [-0.39, 0.29) is 31.4 Å². The molecule has 1 aromatic carbocycles. The SMILES string of the molecule is COC(=O)CNC(=O)C[NH+](C)CC(=O)Nc1cccc(F)c1. The Bertz CT molecular complexity index is 551. The molecule has 0 saturated carbocycles. The molecule has 22 heavy (non-hydrogen) atoms. The molecule has 1 aromatic rings. The number of ether oxygens (including phenoxy) is 1. The van der Waals surface area contributed by atoms with Crippen molar-refractivity contribution in [3.8, 4) is 0 Å². The molecule has 0 aliphatic rings. The first kappa shape index (κ1) is 17.6. The third-order valence-corrected chi connectivity index (χ3v) is 2.69. The Morgan fingerprint density at radius 3 is 2.55 bits per heavy atom. The van der Waals surface area contributed by atoms with Crippen molar-refractivity contribution in [1.82, 2.24) is 5.32 Å². The number of methoxy groups -OCH3 is 1. The summed E-state index contributed by atoms with van der Waals surface area (Å²) in [7, 11) is 2.88. The van der Waals surface area contributed by atoms with Crippen molar-refractivity contribution in [2.45, 2.75) is 0 Å². The highest BCUT2D eigenvalue weighted by atomic mass is 19.1. The summed E-state index contributed by atoms with van der Waals surface area (Å²) in [4.78, 5) is 34.8. The summed E-state index contributed by atoms with van der Waals surface area (Å²) < 4.78 is 17.4. The van der Waals surface area contributed by atoms with E-state index in [0.29, 0.717) is 10.6 Å². The van der Waals surface area contributed by atoms with Gasteiger partial charge in [0.2, 0.25) is 0 Å². The van der Waals surface area contributed by atoms with Crippen molar-refractivity contribution in [3.05, 3.63) is 30.1 Å². The number of benzene rings is 1. The summed E-state index contributed by atoms with van der Waals surface area (Å²) in [6.07, 6.45) is 0. The van der Waals surface area contributed by atoms with Crippen molar-refractivity contribution in [2.24, 2.45) is 0 Å². The summed E-state index contributed by atoms with van der Waals surface area (Å²) in [6.45, 7) is -0.159. The van der Waals surface area contributed by atoms with E-state index in [4.69, 9.17) is 0 Å². The lowest BCUT2D eigenvalue weighted by Crippen LogP contribution is -3.11. The van der Waals surface area contributed by atoms with E-state index in [9.17, 15) is 18.8 Å². The molecule has 2 amide bonds. The van der Waals surface area contributed by atoms with Gasteiger partial charge in [0, 0.05) is 5.69 Å². The molecule has 3 N–H and O–H groups in total. The maximum Gasteiger partial charge on any atom is 0.325 e. The normalized spacial score (nSPS) is 11.4. The Hall–Kier alpha value is -2.48. The van der Waals surface area contributed by atoms with Crippen LogP contribution in [0.15, 0.2) is 24.3 Å². The molecule has 0 radical (unpaired) electrons. The third kappa shape index (κ3) is 6.80. The number of likely N-dealkylation sites (N-methyl/N-ethyl adjacent to an activating group) is 1. The van der Waals surface area contributed by atoms with E-state index in [0.717, 1.165) is 0 Å². The number of esters is 1. The number of carbonyl (C=O) groups is 3. The third-order valence-electron chi connectivity index (χ3n) is 2.69. The summed E-state index contributed by atoms with van der Waals surface area (Å²) in [5.41, 5.74) is 0.355. The number of quaternary nitrogens is 1. The summed E-state index contributed by atoms with van der Waals surface area (Å²) >= 11 is 0. The molecular formula is C14H19FN3O4+. The number of carbonyl (C=O) groups excluding carboxylic acids is 3. The first-order valence-electron chi connectivity index (χ1n) is 6.61. The molecule has 1 atom stereocenters. The highest BCUT2D eigenvalue weighted by molar-refractivity contribution is 5.91. The number of halogens is 1. The molecule has 1 rings (SSSR count). The predicted octanol–water partition coefficient (Wildman–Crippen LogP) is -1.43. The largest absolute Gasteiger partial charge is 0.468 e. The Kier molecular flexibility index (Phi) is 6.97. The van der Waals surface area contributed by atoms with E-state index < -0.39 is 11.8 Å². The van der Waals surface area contributed by atoms with Gasteiger partial charge in [-0.1, -0.05) is 6.07 Å². The molecule has 0 aliphatic carbocycles. The van der Waals surface area contributed by atoms with Gasteiger partial charge in [0.1, 0.15) is 12.4 Å². The average molecular weight is 312 g/mol. The molecule has 8 heteroatoms. The first-order valence-corrected chi connectivity index (χ1v) is 6.61. The van der Waals surface area contributed by atoms with E-state index in [2.05, 4.69) is 15.4 Å². The summed E-state index contributed by atoms with van der Waals surface area (Å²) in [6, 6.07) is 5.54. The van der Waals surface area contributed by atoms with Crippen LogP contribution in [0, 0.1) is 5.82 Å². The smallest absolute Gasteiger partial charge is 0.325 e. The van der Waals surface area contributed by atoms with Crippen molar-refractivity contribution >= 4 is 23.5 Å².